The number of quaternary nitrogens is 1. The van der Waals surface area contributed by atoms with Crippen LogP contribution in [0, 0.1) is 0 Å². The Hall–Kier alpha value is -0.470. The largest absolute Gasteiger partial charge is 0.421 e. The Bertz CT molecular complexity index is 71.9. The number of nitrogens with one attached hydrogen (secondary N) is 1. The highest BCUT2D eigenvalue weighted by molar-refractivity contribution is 7.22. The summed E-state index contributed by atoms with van der Waals surface area (Å²) >= 11 is 0. The lowest BCUT2D eigenvalue weighted by Crippen LogP contribution is -2.60. The van der Waals surface area contributed by atoms with E-state index >= 15 is 0 Å². The lowest BCUT2D eigenvalue weighted by Gasteiger charge is -1.72. The predicted octanol–water partition coefficient (Wildman–Crippen LogP) is -0.855. The third kappa shape index (κ3) is 3.53. The van der Waals surface area contributed by atoms with Gasteiger partial charge in [0.15, 0.2) is 0 Å². The lowest BCUT2D eigenvalue weighted by molar-refractivity contribution is -0.247. The van der Waals surface area contributed by atoms with Crippen molar-refractivity contribution in [3.05, 3.63) is 0 Å². The molecule has 0 aliphatic rings. The maximum absolute atomic E-state index is 9.61. The summed E-state index contributed by atoms with van der Waals surface area (Å²) in [6, 6.07) is -0.535. The van der Waals surface area contributed by atoms with Crippen LogP contribution in [0.4, 0.5) is 4.79 Å². The van der Waals surface area contributed by atoms with Crippen molar-refractivity contribution < 1.29 is 15.1 Å². The highest BCUT2D eigenvalue weighted by Gasteiger charge is 1.87. The lowest BCUT2D eigenvalue weighted by atomic mass is 11.2. The van der Waals surface area contributed by atoms with E-state index < -0.39 is 6.03 Å². The average molecular weight is 107 g/mol. The first-order valence-corrected chi connectivity index (χ1v) is 2.03. The van der Waals surface area contributed by atoms with Crippen molar-refractivity contribution in [2.45, 2.75) is 0 Å². The zero-order chi connectivity index (χ0) is 4.99. The summed E-state index contributed by atoms with van der Waals surface area (Å²) < 4.78 is 9.34. The first-order chi connectivity index (χ1) is 2.77. The van der Waals surface area contributed by atoms with Gasteiger partial charge in [0.25, 0.3) is 8.61 Å². The standard InChI is InChI=1S/CH3N2O2P/c2-1(4)3-6-5/h(H3,2,3,4,5)/p+1. The SMILES string of the molecule is [NH3+]C(=O)NP=O. The van der Waals surface area contributed by atoms with Crippen LogP contribution in [0.5, 0.6) is 0 Å². The third-order valence-corrected chi connectivity index (χ3v) is 0.511. The van der Waals surface area contributed by atoms with E-state index in [1.165, 1.54) is 0 Å². The molecule has 4 N–H and O–H groups in total. The van der Waals surface area contributed by atoms with Crippen LogP contribution in [-0.2, 0) is 4.57 Å². The van der Waals surface area contributed by atoms with E-state index in [0.29, 0.717) is 0 Å². The molecule has 0 heterocycles. The van der Waals surface area contributed by atoms with Gasteiger partial charge in [-0.1, -0.05) is 0 Å². The molecule has 0 aromatic carbocycles. The zero-order valence-corrected chi connectivity index (χ0v) is 3.87. The smallest absolute Gasteiger partial charge is 0.274 e. The first kappa shape index (κ1) is 5.53. The van der Waals surface area contributed by atoms with Crippen molar-refractivity contribution in [3.8, 4) is 0 Å². The second kappa shape index (κ2) is 2.75. The fourth-order valence-electron chi connectivity index (χ4n) is 0.0509. The minimum atomic E-state index is -0.535. The molecule has 0 aliphatic carbocycles. The Morgan fingerprint density at radius 3 is 2.33 bits per heavy atom. The van der Waals surface area contributed by atoms with E-state index in [0.717, 1.165) is 0 Å². The van der Waals surface area contributed by atoms with Gasteiger partial charge in [-0.15, -0.1) is 0 Å². The van der Waals surface area contributed by atoms with E-state index in [9.17, 15) is 9.36 Å². The number of rotatable bonds is 1. The molecule has 4 nitrogen and oxygen atoms in total. The molecule has 0 fully saturated rings. The van der Waals surface area contributed by atoms with Crippen molar-refractivity contribution in [1.29, 1.82) is 0 Å². The molecule has 0 atom stereocenters. The predicted molar refractivity (Wildman–Crippen MR) is 19.0 cm³/mol. The van der Waals surface area contributed by atoms with Crippen molar-refractivity contribution in [1.82, 2.24) is 5.09 Å². The molecule has 0 saturated heterocycles. The average Bonchev–Trinajstić information content (AvgIpc) is 1.35. The maximum Gasteiger partial charge on any atom is 0.421 e. The van der Waals surface area contributed by atoms with E-state index in [1.54, 1.807) is 0 Å². The van der Waals surface area contributed by atoms with Crippen molar-refractivity contribution >= 4 is 14.6 Å². The van der Waals surface area contributed by atoms with Gasteiger partial charge in [0.1, 0.15) is 0 Å². The molecule has 0 saturated carbocycles. The van der Waals surface area contributed by atoms with Crippen LogP contribution in [-0.4, -0.2) is 6.03 Å². The molecule has 0 radical (unpaired) electrons. The van der Waals surface area contributed by atoms with Crippen LogP contribution in [0.1, 0.15) is 0 Å². The van der Waals surface area contributed by atoms with Gasteiger partial charge in [0.2, 0.25) is 0 Å². The van der Waals surface area contributed by atoms with Gasteiger partial charge in [-0.25, -0.2) is 14.4 Å². The van der Waals surface area contributed by atoms with Gasteiger partial charge < -0.3 is 0 Å². The second-order valence-electron chi connectivity index (χ2n) is 0.626. The molecule has 0 aromatic heterocycles. The van der Waals surface area contributed by atoms with Crippen LogP contribution in [0.2, 0.25) is 0 Å². The van der Waals surface area contributed by atoms with Crippen LogP contribution in [0.15, 0.2) is 0 Å². The highest BCUT2D eigenvalue weighted by atomic mass is 31.1. The van der Waals surface area contributed by atoms with Gasteiger partial charge in [-0.05, 0) is 0 Å². The van der Waals surface area contributed by atoms with E-state index in [2.05, 4.69) is 5.73 Å². The Morgan fingerprint density at radius 2 is 2.33 bits per heavy atom. The van der Waals surface area contributed by atoms with Crippen molar-refractivity contribution in [3.63, 3.8) is 0 Å². The Balaban J connectivity index is 3.05. The molecule has 2 amide bonds. The van der Waals surface area contributed by atoms with E-state index in [1.807, 2.05) is 5.09 Å². The topological polar surface area (TPSA) is 73.8 Å². The molecular weight excluding hydrogens is 103 g/mol. The number of urea groups is 1. The molecule has 0 aromatic rings. The number of amides is 2. The molecule has 0 spiro atoms. The van der Waals surface area contributed by atoms with Crippen LogP contribution < -0.4 is 10.8 Å². The molecule has 6 heavy (non-hydrogen) atoms. The molecule has 0 bridgehead atoms. The Labute approximate surface area is 36.0 Å². The highest BCUT2D eigenvalue weighted by Crippen LogP contribution is 1.73. The molecule has 34 valence electrons. The minimum absolute atomic E-state index is 0.388. The number of carbonyl (C=O) groups is 1. The normalized spacial score (nSPS) is 8.17. The summed E-state index contributed by atoms with van der Waals surface area (Å²) in [6.45, 7) is 0. The monoisotopic (exact) mass is 107 g/mol. The summed E-state index contributed by atoms with van der Waals surface area (Å²) in [5, 5.41) is 1.88. The fourth-order valence-corrected chi connectivity index (χ4v) is 0.153. The van der Waals surface area contributed by atoms with Crippen molar-refractivity contribution in [2.24, 2.45) is 0 Å². The second-order valence-corrected chi connectivity index (χ2v) is 1.03. The molecule has 0 unspecified atom stereocenters. The van der Waals surface area contributed by atoms with Crippen LogP contribution in [0.25, 0.3) is 0 Å². The zero-order valence-electron chi connectivity index (χ0n) is 2.97. The molecular formula is CH4N2O2P+. The summed E-state index contributed by atoms with van der Waals surface area (Å²) in [5.74, 6) is 0. The van der Waals surface area contributed by atoms with Gasteiger partial charge in [-0.3, -0.25) is 5.73 Å². The first-order valence-electron chi connectivity index (χ1n) is 1.21. The summed E-state index contributed by atoms with van der Waals surface area (Å²) in [7, 11) is -0.388. The number of hydrogen-bond donors (Lipinski definition) is 2. The van der Waals surface area contributed by atoms with Crippen molar-refractivity contribution in [2.75, 3.05) is 0 Å². The molecule has 0 aliphatic heterocycles. The van der Waals surface area contributed by atoms with Gasteiger partial charge in [0, 0.05) is 0 Å². The summed E-state index contributed by atoms with van der Waals surface area (Å²) in [6.07, 6.45) is 0. The minimum Gasteiger partial charge on any atom is -0.274 e. The quantitative estimate of drug-likeness (QED) is 0.428. The summed E-state index contributed by atoms with van der Waals surface area (Å²) in [4.78, 5) is 9.61. The van der Waals surface area contributed by atoms with Crippen LogP contribution >= 0.6 is 8.61 Å². The van der Waals surface area contributed by atoms with Gasteiger partial charge >= 0.3 is 6.03 Å². The summed E-state index contributed by atoms with van der Waals surface area (Å²) in [5.41, 5.74) is 2.87. The van der Waals surface area contributed by atoms with Gasteiger partial charge in [-0.2, -0.15) is 0 Å². The number of hydrogen-bond acceptors (Lipinski definition) is 2. The van der Waals surface area contributed by atoms with E-state index in [4.69, 9.17) is 0 Å². The molecule has 5 heteroatoms. The van der Waals surface area contributed by atoms with Crippen LogP contribution in [0.3, 0.4) is 0 Å². The maximum atomic E-state index is 9.61. The molecule has 0 rings (SSSR count). The fraction of sp³-hybridized carbons (Fsp3) is 0. The van der Waals surface area contributed by atoms with Gasteiger partial charge in [0.05, 0.1) is 0 Å². The number of carbonyl (C=O) groups excluding carboxylic acids is 1. The Morgan fingerprint density at radius 1 is 1.83 bits per heavy atom. The Kier molecular flexibility index (Phi) is 2.54. The third-order valence-electron chi connectivity index (χ3n) is 0.170. The van der Waals surface area contributed by atoms with E-state index in [-0.39, 0.29) is 8.61 Å².